The number of para-hydroxylation sites is 4. The zero-order valence-corrected chi connectivity index (χ0v) is 29.6. The third-order valence-corrected chi connectivity index (χ3v) is 9.72. The van der Waals surface area contributed by atoms with Gasteiger partial charge >= 0.3 is 0 Å². The molecule has 0 saturated carbocycles. The van der Waals surface area contributed by atoms with Crippen molar-refractivity contribution in [3.05, 3.63) is 188 Å². The molecule has 0 amide bonds. The van der Waals surface area contributed by atoms with Gasteiger partial charge in [0.05, 0.1) is 22.1 Å². The molecular formula is C47H29F2N7. The Bertz CT molecular complexity index is 2860. The Kier molecular flexibility index (Phi) is 8.03. The van der Waals surface area contributed by atoms with Crippen molar-refractivity contribution in [3.8, 4) is 68.3 Å². The third-order valence-electron chi connectivity index (χ3n) is 9.72. The largest absolute Gasteiger partial charge is 0.292 e. The lowest BCUT2D eigenvalue weighted by atomic mass is 10.1. The second-order valence-electron chi connectivity index (χ2n) is 13.3. The summed E-state index contributed by atoms with van der Waals surface area (Å²) in [5, 5.41) is 0. The second-order valence-corrected chi connectivity index (χ2v) is 13.3. The maximum atomic E-state index is 14.4. The molecular weight excluding hydrogens is 701 g/mol. The molecule has 56 heavy (non-hydrogen) atoms. The van der Waals surface area contributed by atoms with Crippen LogP contribution in [0, 0.1) is 11.6 Å². The van der Waals surface area contributed by atoms with E-state index in [1.54, 1.807) is 12.1 Å². The van der Waals surface area contributed by atoms with Crippen LogP contribution in [0.5, 0.6) is 0 Å². The number of fused-ring (bicyclic) bond motifs is 2. The summed E-state index contributed by atoms with van der Waals surface area (Å²) in [6.07, 6.45) is 0. The highest BCUT2D eigenvalue weighted by atomic mass is 19.1. The van der Waals surface area contributed by atoms with Gasteiger partial charge in [-0.15, -0.1) is 0 Å². The number of nitrogens with zero attached hydrogens (tertiary/aromatic N) is 7. The number of aromatic nitrogens is 7. The van der Waals surface area contributed by atoms with Crippen LogP contribution in [0.25, 0.3) is 90.4 Å². The van der Waals surface area contributed by atoms with E-state index in [9.17, 15) is 8.78 Å². The number of benzene rings is 7. The molecule has 10 rings (SSSR count). The molecule has 0 spiro atoms. The molecule has 7 nitrogen and oxygen atoms in total. The first kappa shape index (κ1) is 33.0. The highest BCUT2D eigenvalue weighted by Gasteiger charge is 2.18. The van der Waals surface area contributed by atoms with Gasteiger partial charge in [-0.1, -0.05) is 78.9 Å². The Hall–Kier alpha value is -7.65. The van der Waals surface area contributed by atoms with Gasteiger partial charge in [-0.05, 0) is 97.1 Å². The Morgan fingerprint density at radius 2 is 0.696 bits per heavy atom. The summed E-state index contributed by atoms with van der Waals surface area (Å²) in [4.78, 5) is 24.6. The van der Waals surface area contributed by atoms with Crippen LogP contribution in [-0.2, 0) is 0 Å². The van der Waals surface area contributed by atoms with E-state index in [1.807, 2.05) is 149 Å². The quantitative estimate of drug-likeness (QED) is 0.163. The molecule has 0 atom stereocenters. The summed E-state index contributed by atoms with van der Waals surface area (Å²) >= 11 is 0. The van der Waals surface area contributed by atoms with Gasteiger partial charge in [0.1, 0.15) is 23.3 Å². The van der Waals surface area contributed by atoms with Crippen molar-refractivity contribution in [2.75, 3.05) is 0 Å². The maximum absolute atomic E-state index is 14.4. The molecule has 3 aromatic heterocycles. The number of imidazole rings is 2. The van der Waals surface area contributed by atoms with Crippen molar-refractivity contribution < 1.29 is 8.78 Å². The van der Waals surface area contributed by atoms with E-state index in [1.165, 1.54) is 24.3 Å². The van der Waals surface area contributed by atoms with Crippen LogP contribution in [0.1, 0.15) is 0 Å². The monoisotopic (exact) mass is 729 g/mol. The van der Waals surface area contributed by atoms with Crippen LogP contribution in [0.2, 0.25) is 0 Å². The fourth-order valence-corrected chi connectivity index (χ4v) is 7.09. The van der Waals surface area contributed by atoms with Crippen LogP contribution < -0.4 is 0 Å². The third kappa shape index (κ3) is 5.97. The minimum Gasteiger partial charge on any atom is -0.292 e. The van der Waals surface area contributed by atoms with Crippen molar-refractivity contribution in [2.24, 2.45) is 0 Å². The Morgan fingerprint density at radius 3 is 1.12 bits per heavy atom. The van der Waals surface area contributed by atoms with Crippen molar-refractivity contribution >= 4 is 22.1 Å². The lowest BCUT2D eigenvalue weighted by molar-refractivity contribution is 0.627. The molecule has 0 aliphatic carbocycles. The van der Waals surface area contributed by atoms with Crippen LogP contribution in [-0.4, -0.2) is 34.1 Å². The van der Waals surface area contributed by atoms with Gasteiger partial charge in [-0.2, -0.15) is 0 Å². The molecule has 0 saturated heterocycles. The highest BCUT2D eigenvalue weighted by Crippen LogP contribution is 2.33. The zero-order valence-electron chi connectivity index (χ0n) is 29.6. The highest BCUT2D eigenvalue weighted by molar-refractivity contribution is 5.85. The second kappa shape index (κ2) is 13.6. The van der Waals surface area contributed by atoms with Crippen molar-refractivity contribution in [1.82, 2.24) is 34.1 Å². The topological polar surface area (TPSA) is 74.3 Å². The standard InChI is InChI=1S/C47H29F2N7/c48-35-14-8-12-33(28-35)46-50-39-16-4-6-18-41(39)55(46)37-24-20-31(21-25-37)44-52-43(30-10-2-1-3-11-30)53-45(54-44)32-22-26-38(27-23-32)56-42-19-7-5-17-40(42)51-47(56)34-13-9-15-36(49)29-34/h1-29H. The molecule has 0 aliphatic rings. The first-order valence-corrected chi connectivity index (χ1v) is 18.1. The summed E-state index contributed by atoms with van der Waals surface area (Å²) < 4.78 is 32.8. The lowest BCUT2D eigenvalue weighted by Gasteiger charge is -2.12. The Morgan fingerprint density at radius 1 is 0.321 bits per heavy atom. The van der Waals surface area contributed by atoms with Gasteiger partial charge in [-0.3, -0.25) is 9.13 Å². The van der Waals surface area contributed by atoms with Crippen molar-refractivity contribution in [1.29, 1.82) is 0 Å². The molecule has 0 unspecified atom stereocenters. The number of halogens is 2. The van der Waals surface area contributed by atoms with E-state index < -0.39 is 0 Å². The Balaban J connectivity index is 1.06. The normalized spacial score (nSPS) is 11.4. The molecule has 0 radical (unpaired) electrons. The maximum Gasteiger partial charge on any atom is 0.164 e. The van der Waals surface area contributed by atoms with Crippen molar-refractivity contribution in [2.45, 2.75) is 0 Å². The summed E-state index contributed by atoms with van der Waals surface area (Å²) in [6, 6.07) is 54.4. The van der Waals surface area contributed by atoms with E-state index in [0.29, 0.717) is 40.2 Å². The molecule has 266 valence electrons. The summed E-state index contributed by atoms with van der Waals surface area (Å²) in [6.45, 7) is 0. The van der Waals surface area contributed by atoms with Crippen LogP contribution in [0.4, 0.5) is 8.78 Å². The summed E-state index contributed by atoms with van der Waals surface area (Å²) in [5.74, 6) is 2.20. The molecule has 9 heteroatoms. The van der Waals surface area contributed by atoms with Crippen molar-refractivity contribution in [3.63, 3.8) is 0 Å². The summed E-state index contributed by atoms with van der Waals surface area (Å²) in [7, 11) is 0. The average Bonchev–Trinajstić information content (AvgIpc) is 3.84. The average molecular weight is 730 g/mol. The molecule has 10 aromatic rings. The predicted octanol–water partition coefficient (Wildman–Crippen LogP) is 11.2. The molecule has 0 aliphatic heterocycles. The SMILES string of the molecule is Fc1cccc(-c2nc3ccccc3n2-c2ccc(-c3nc(-c4ccccc4)nc(-c4ccc(-n5c(-c6cccc(F)c6)nc6ccccc65)cc4)n3)cc2)c1. The molecule has 7 aromatic carbocycles. The van der Waals surface area contributed by atoms with Gasteiger partial charge in [0.25, 0.3) is 0 Å². The minimum absolute atomic E-state index is 0.324. The summed E-state index contributed by atoms with van der Waals surface area (Å²) in [5.41, 5.74) is 8.96. The van der Waals surface area contributed by atoms with Crippen LogP contribution >= 0.6 is 0 Å². The van der Waals surface area contributed by atoms with Gasteiger partial charge < -0.3 is 0 Å². The molecule has 0 fully saturated rings. The van der Waals surface area contributed by atoms with E-state index in [4.69, 9.17) is 24.9 Å². The van der Waals surface area contributed by atoms with E-state index in [2.05, 4.69) is 0 Å². The van der Waals surface area contributed by atoms with E-state index in [0.717, 1.165) is 50.1 Å². The van der Waals surface area contributed by atoms with Gasteiger partial charge in [-0.25, -0.2) is 33.7 Å². The van der Waals surface area contributed by atoms with Crippen LogP contribution in [0.3, 0.4) is 0 Å². The molecule has 0 N–H and O–H groups in total. The van der Waals surface area contributed by atoms with E-state index >= 15 is 0 Å². The van der Waals surface area contributed by atoms with Gasteiger partial charge in [0, 0.05) is 39.2 Å². The zero-order chi connectivity index (χ0) is 37.6. The van der Waals surface area contributed by atoms with Gasteiger partial charge in [0.15, 0.2) is 17.5 Å². The van der Waals surface area contributed by atoms with Crippen LogP contribution in [0.15, 0.2) is 176 Å². The minimum atomic E-state index is -0.324. The van der Waals surface area contributed by atoms with Gasteiger partial charge in [0.2, 0.25) is 0 Å². The fraction of sp³-hybridized carbons (Fsp3) is 0. The number of rotatable bonds is 7. The predicted molar refractivity (Wildman–Crippen MR) is 216 cm³/mol. The smallest absolute Gasteiger partial charge is 0.164 e. The number of hydrogen-bond acceptors (Lipinski definition) is 5. The first-order chi connectivity index (χ1) is 27.6. The molecule has 3 heterocycles. The Labute approximate surface area is 319 Å². The lowest BCUT2D eigenvalue weighted by Crippen LogP contribution is -2.02. The van der Waals surface area contributed by atoms with E-state index in [-0.39, 0.29) is 11.6 Å². The first-order valence-electron chi connectivity index (χ1n) is 18.1. The number of hydrogen-bond donors (Lipinski definition) is 0. The molecule has 0 bridgehead atoms. The fourth-order valence-electron chi connectivity index (χ4n) is 7.09.